The summed E-state index contributed by atoms with van der Waals surface area (Å²) in [7, 11) is 0.834. The molecule has 2 heterocycles. The van der Waals surface area contributed by atoms with Crippen molar-refractivity contribution >= 4 is 14.6 Å². The Morgan fingerprint density at radius 1 is 1.33 bits per heavy atom. The van der Waals surface area contributed by atoms with Crippen LogP contribution < -0.4 is 5.32 Å². The number of hydrogen-bond donors (Lipinski definition) is 2. The Bertz CT molecular complexity index is 574. The van der Waals surface area contributed by atoms with Gasteiger partial charge in [-0.15, -0.1) is 0 Å². The number of amides is 2. The first-order valence-corrected chi connectivity index (χ1v) is 11.2. The van der Waals surface area contributed by atoms with E-state index in [-0.39, 0.29) is 17.7 Å². The van der Waals surface area contributed by atoms with Crippen LogP contribution in [-0.4, -0.2) is 70.1 Å². The summed E-state index contributed by atoms with van der Waals surface area (Å²) in [5.41, 5.74) is 1.16. The molecule has 0 aromatic carbocycles. The van der Waals surface area contributed by atoms with Crippen molar-refractivity contribution in [1.29, 1.82) is 0 Å². The highest BCUT2D eigenvalue weighted by molar-refractivity contribution is 6.70. The monoisotopic (exact) mass is 400 g/mol. The summed E-state index contributed by atoms with van der Waals surface area (Å²) < 4.78 is 23.9. The van der Waals surface area contributed by atoms with Crippen LogP contribution >= 0.6 is 0 Å². The summed E-state index contributed by atoms with van der Waals surface area (Å²) in [6.07, 6.45) is 0.427. The smallest absolute Gasteiger partial charge is 0.343 e. The van der Waals surface area contributed by atoms with Crippen LogP contribution in [0.1, 0.15) is 27.7 Å². The Labute approximate surface area is 162 Å². The first-order valence-electron chi connectivity index (χ1n) is 9.19. The largest absolute Gasteiger partial charge is 0.397 e. The zero-order chi connectivity index (χ0) is 20.4. The van der Waals surface area contributed by atoms with Crippen molar-refractivity contribution in [1.82, 2.24) is 10.2 Å². The van der Waals surface area contributed by atoms with Gasteiger partial charge in [0.05, 0.1) is 6.61 Å². The zero-order valence-corrected chi connectivity index (χ0v) is 18.0. The topological polar surface area (TPSA) is 89.5 Å². The van der Waals surface area contributed by atoms with Crippen molar-refractivity contribution in [3.8, 4) is 0 Å². The van der Waals surface area contributed by atoms with Crippen molar-refractivity contribution in [2.24, 2.45) is 0 Å². The van der Waals surface area contributed by atoms with E-state index < -0.39 is 39.3 Å². The minimum Gasteiger partial charge on any atom is -0.397 e. The quantitative estimate of drug-likeness (QED) is 0.479. The van der Waals surface area contributed by atoms with Gasteiger partial charge in [-0.25, -0.2) is 4.79 Å². The lowest BCUT2D eigenvalue weighted by atomic mass is 10.1. The van der Waals surface area contributed by atoms with Gasteiger partial charge >= 0.3 is 14.6 Å². The van der Waals surface area contributed by atoms with Crippen molar-refractivity contribution < 1.29 is 28.2 Å². The second kappa shape index (κ2) is 8.85. The third kappa shape index (κ3) is 4.28. The molecule has 2 aliphatic rings. The minimum absolute atomic E-state index is 0.265. The molecule has 1 saturated heterocycles. The minimum atomic E-state index is -2.45. The Morgan fingerprint density at radius 2 is 1.96 bits per heavy atom. The molecule has 2 aliphatic heterocycles. The van der Waals surface area contributed by atoms with Gasteiger partial charge in [0, 0.05) is 26.0 Å². The van der Waals surface area contributed by atoms with Gasteiger partial charge in [-0.3, -0.25) is 4.90 Å². The summed E-state index contributed by atoms with van der Waals surface area (Å²) in [6.45, 7) is 12.8. The van der Waals surface area contributed by atoms with Crippen LogP contribution in [0.25, 0.3) is 0 Å². The van der Waals surface area contributed by atoms with Crippen molar-refractivity contribution in [3.63, 3.8) is 0 Å². The third-order valence-electron chi connectivity index (χ3n) is 5.17. The van der Waals surface area contributed by atoms with Crippen molar-refractivity contribution in [2.75, 3.05) is 20.8 Å². The molecular weight excluding hydrogens is 368 g/mol. The lowest BCUT2D eigenvalue weighted by Gasteiger charge is -2.37. The molecule has 27 heavy (non-hydrogen) atoms. The van der Waals surface area contributed by atoms with E-state index in [9.17, 15) is 9.90 Å². The SMILES string of the molecule is C=C1[C@H](N2C=CC(O)NC2=O)O[C@H](CO[Si](OC)(C(C)C)C(C)C)[C@H]1OC. The van der Waals surface area contributed by atoms with E-state index in [1.165, 1.54) is 17.2 Å². The number of methoxy groups -OCH3 is 1. The predicted molar refractivity (Wildman–Crippen MR) is 103 cm³/mol. The molecule has 1 fully saturated rings. The molecule has 1 unspecified atom stereocenters. The number of nitrogens with one attached hydrogen (secondary N) is 1. The maximum Gasteiger partial charge on any atom is 0.343 e. The Balaban J connectivity index is 2.14. The number of carbonyl (C=O) groups is 1. The van der Waals surface area contributed by atoms with Gasteiger partial charge in [0.1, 0.15) is 18.4 Å². The lowest BCUT2D eigenvalue weighted by molar-refractivity contribution is -0.0620. The molecule has 154 valence electrons. The van der Waals surface area contributed by atoms with Gasteiger partial charge < -0.3 is 28.7 Å². The summed E-state index contributed by atoms with van der Waals surface area (Å²) >= 11 is 0. The molecular formula is C18H32N2O6Si. The molecule has 2 N–H and O–H groups in total. The van der Waals surface area contributed by atoms with Gasteiger partial charge in [0.25, 0.3) is 0 Å². The molecule has 0 aromatic rings. The number of rotatable bonds is 8. The molecule has 9 heteroatoms. The van der Waals surface area contributed by atoms with Gasteiger partial charge in [0.15, 0.2) is 6.23 Å². The Kier molecular flexibility index (Phi) is 7.23. The number of hydrogen-bond acceptors (Lipinski definition) is 6. The molecule has 0 bridgehead atoms. The van der Waals surface area contributed by atoms with E-state index in [0.29, 0.717) is 5.57 Å². The Morgan fingerprint density at radius 3 is 2.44 bits per heavy atom. The van der Waals surface area contributed by atoms with E-state index in [0.717, 1.165) is 0 Å². The summed E-state index contributed by atoms with van der Waals surface area (Å²) in [4.78, 5) is 13.5. The van der Waals surface area contributed by atoms with Crippen LogP contribution in [0.4, 0.5) is 4.79 Å². The normalized spacial score (nSPS) is 29.1. The predicted octanol–water partition coefficient (Wildman–Crippen LogP) is 2.06. The van der Waals surface area contributed by atoms with Gasteiger partial charge in [-0.1, -0.05) is 34.3 Å². The van der Waals surface area contributed by atoms with Crippen molar-refractivity contribution in [3.05, 3.63) is 24.4 Å². The fourth-order valence-electron chi connectivity index (χ4n) is 3.80. The first-order chi connectivity index (χ1) is 12.7. The molecule has 0 radical (unpaired) electrons. The van der Waals surface area contributed by atoms with Gasteiger partial charge in [0.2, 0.25) is 0 Å². The average molecular weight is 401 g/mol. The molecule has 2 amide bonds. The maximum absolute atomic E-state index is 12.2. The molecule has 4 atom stereocenters. The maximum atomic E-state index is 12.2. The molecule has 0 saturated carbocycles. The second-order valence-electron chi connectivity index (χ2n) is 7.45. The van der Waals surface area contributed by atoms with Gasteiger partial charge in [-0.2, -0.15) is 0 Å². The zero-order valence-electron chi connectivity index (χ0n) is 17.0. The summed E-state index contributed by atoms with van der Waals surface area (Å²) in [5, 5.41) is 11.9. The number of carbonyl (C=O) groups excluding carboxylic acids is 1. The molecule has 0 aromatic heterocycles. The standard InChI is InChI=1S/C18H32N2O6Si/c1-11(2)27(24-7,12(3)4)25-10-14-16(23-6)13(5)17(26-14)20-9-8-15(21)19-18(20)22/h8-9,11-12,14-17,21H,5,10H2,1-4,6-7H3,(H,19,22)/t14-,15?,16+,17-/m1/s1. The molecule has 0 aliphatic carbocycles. The number of aliphatic hydroxyl groups is 1. The summed E-state index contributed by atoms with van der Waals surface area (Å²) in [6, 6.07) is -0.461. The van der Waals surface area contributed by atoms with E-state index in [1.807, 2.05) is 0 Å². The number of ether oxygens (including phenoxy) is 2. The molecule has 2 rings (SSSR count). The van der Waals surface area contributed by atoms with E-state index in [4.69, 9.17) is 18.3 Å². The molecule has 8 nitrogen and oxygen atoms in total. The van der Waals surface area contributed by atoms with Crippen LogP contribution in [0.2, 0.25) is 11.1 Å². The van der Waals surface area contributed by atoms with Gasteiger partial charge in [-0.05, 0) is 17.2 Å². The highest BCUT2D eigenvalue weighted by atomic mass is 28.4. The fraction of sp³-hybridized carbons (Fsp3) is 0.722. The molecule has 0 spiro atoms. The number of urea groups is 1. The lowest BCUT2D eigenvalue weighted by Crippen LogP contribution is -2.50. The van der Waals surface area contributed by atoms with E-state index in [1.54, 1.807) is 14.2 Å². The van der Waals surface area contributed by atoms with Crippen LogP contribution in [-0.2, 0) is 18.3 Å². The number of nitrogens with zero attached hydrogens (tertiary/aromatic N) is 1. The van der Waals surface area contributed by atoms with Crippen LogP contribution in [0.5, 0.6) is 0 Å². The number of aliphatic hydroxyl groups excluding tert-OH is 1. The van der Waals surface area contributed by atoms with Crippen molar-refractivity contribution in [2.45, 2.75) is 63.4 Å². The highest BCUT2D eigenvalue weighted by Gasteiger charge is 2.48. The van der Waals surface area contributed by atoms with Crippen LogP contribution in [0, 0.1) is 0 Å². The second-order valence-corrected chi connectivity index (χ2v) is 11.9. The summed E-state index contributed by atoms with van der Waals surface area (Å²) in [5.74, 6) is 0. The van der Waals surface area contributed by atoms with Crippen LogP contribution in [0.15, 0.2) is 24.4 Å². The van der Waals surface area contributed by atoms with E-state index in [2.05, 4.69) is 39.6 Å². The fourth-order valence-corrected chi connectivity index (χ4v) is 7.28. The Hall–Kier alpha value is -1.23. The third-order valence-corrected chi connectivity index (χ3v) is 9.64. The average Bonchev–Trinajstić information content (AvgIpc) is 2.91. The van der Waals surface area contributed by atoms with E-state index >= 15 is 0 Å². The highest BCUT2D eigenvalue weighted by Crippen LogP contribution is 2.36. The van der Waals surface area contributed by atoms with Crippen LogP contribution in [0.3, 0.4) is 0 Å². The first kappa shape index (κ1) is 22.1.